The van der Waals surface area contributed by atoms with Crippen LogP contribution in [0.1, 0.15) is 30.2 Å². The van der Waals surface area contributed by atoms with Gasteiger partial charge < -0.3 is 10.7 Å². The van der Waals surface area contributed by atoms with Gasteiger partial charge in [0.05, 0.1) is 18.3 Å². The minimum Gasteiger partial charge on any atom is -0.383 e. The Morgan fingerprint density at radius 1 is 1.18 bits per heavy atom. The second-order valence-corrected chi connectivity index (χ2v) is 9.61. The number of aromatic amines is 1. The average molecular weight is 513 g/mol. The molecule has 1 aliphatic rings. The van der Waals surface area contributed by atoms with Crippen LogP contribution in [0.25, 0.3) is 27.6 Å². The summed E-state index contributed by atoms with van der Waals surface area (Å²) in [4.78, 5) is 18.2. The molecule has 8 heteroatoms. The van der Waals surface area contributed by atoms with E-state index >= 15 is 0 Å². The van der Waals surface area contributed by atoms with Gasteiger partial charge in [0.25, 0.3) is 5.92 Å². The molecule has 0 aromatic carbocycles. The van der Waals surface area contributed by atoms with Crippen molar-refractivity contribution in [2.75, 3.05) is 25.4 Å². The number of hydrogen-bond acceptors (Lipinski definition) is 5. The molecule has 1 aliphatic heterocycles. The smallest absolute Gasteiger partial charge is 0.261 e. The van der Waals surface area contributed by atoms with E-state index in [4.69, 9.17) is 5.73 Å². The third-order valence-corrected chi connectivity index (χ3v) is 6.88. The maximum absolute atomic E-state index is 13.7. The molecular formula is C30H30F2N6. The summed E-state index contributed by atoms with van der Waals surface area (Å²) in [5, 5.41) is 1.07. The fourth-order valence-corrected chi connectivity index (χ4v) is 4.89. The van der Waals surface area contributed by atoms with Crippen LogP contribution in [0.2, 0.25) is 0 Å². The molecule has 6 nitrogen and oxygen atoms in total. The summed E-state index contributed by atoms with van der Waals surface area (Å²) in [6.07, 6.45) is 15.1. The molecule has 0 spiro atoms. The summed E-state index contributed by atoms with van der Waals surface area (Å²) in [7, 11) is 0. The van der Waals surface area contributed by atoms with Crippen molar-refractivity contribution >= 4 is 22.3 Å². The van der Waals surface area contributed by atoms with Gasteiger partial charge >= 0.3 is 0 Å². The van der Waals surface area contributed by atoms with E-state index < -0.39 is 5.92 Å². The molecule has 1 fully saturated rings. The number of allylic oxidation sites excluding steroid dienone is 3. The molecule has 0 saturated carbocycles. The zero-order valence-electron chi connectivity index (χ0n) is 21.3. The number of nitrogens with two attached hydrogens (primary N) is 1. The number of pyridine rings is 3. The minimum atomic E-state index is -2.62. The number of anilines is 1. The van der Waals surface area contributed by atoms with E-state index in [2.05, 4.69) is 32.6 Å². The van der Waals surface area contributed by atoms with Crippen LogP contribution in [-0.4, -0.2) is 50.4 Å². The Labute approximate surface area is 220 Å². The third-order valence-electron chi connectivity index (χ3n) is 6.88. The monoisotopic (exact) mass is 512 g/mol. The normalized spacial score (nSPS) is 16.3. The van der Waals surface area contributed by atoms with E-state index in [1.807, 2.05) is 49.7 Å². The molecule has 5 rings (SSSR count). The number of nitrogen functional groups attached to an aromatic ring is 1. The minimum absolute atomic E-state index is 0.104. The molecule has 4 aromatic rings. The van der Waals surface area contributed by atoms with E-state index in [1.54, 1.807) is 29.6 Å². The van der Waals surface area contributed by atoms with Crippen LogP contribution in [0.15, 0.2) is 85.6 Å². The number of hydrogen-bond donors (Lipinski definition) is 2. The summed E-state index contributed by atoms with van der Waals surface area (Å²) >= 11 is 0. The number of aromatic nitrogens is 4. The number of nitrogens with zero attached hydrogens (tertiary/aromatic N) is 4. The first kappa shape index (κ1) is 25.5. The van der Waals surface area contributed by atoms with Gasteiger partial charge in [0.2, 0.25) is 0 Å². The first-order chi connectivity index (χ1) is 18.3. The molecule has 194 valence electrons. The van der Waals surface area contributed by atoms with Crippen molar-refractivity contribution in [3.8, 4) is 11.1 Å². The lowest BCUT2D eigenvalue weighted by Gasteiger charge is -2.17. The Kier molecular flexibility index (Phi) is 7.15. The van der Waals surface area contributed by atoms with Crippen molar-refractivity contribution in [1.82, 2.24) is 24.8 Å². The summed E-state index contributed by atoms with van der Waals surface area (Å²) in [6.45, 7) is 6.42. The molecule has 0 radical (unpaired) electrons. The van der Waals surface area contributed by atoms with Crippen molar-refractivity contribution in [2.24, 2.45) is 0 Å². The molecule has 3 N–H and O–H groups in total. The lowest BCUT2D eigenvalue weighted by molar-refractivity contribution is 0.0131. The largest absolute Gasteiger partial charge is 0.383 e. The second-order valence-electron chi connectivity index (χ2n) is 9.61. The third kappa shape index (κ3) is 5.55. The fourth-order valence-electron chi connectivity index (χ4n) is 4.89. The Bertz CT molecular complexity index is 1520. The highest BCUT2D eigenvalue weighted by atomic mass is 19.3. The number of halogens is 2. The second kappa shape index (κ2) is 10.7. The van der Waals surface area contributed by atoms with Crippen LogP contribution < -0.4 is 5.73 Å². The van der Waals surface area contributed by atoms with E-state index in [1.165, 1.54) is 0 Å². The van der Waals surface area contributed by atoms with Gasteiger partial charge in [0, 0.05) is 78.5 Å². The fraction of sp³-hybridized carbons (Fsp3) is 0.233. The number of likely N-dealkylation sites (tertiary alicyclic amines) is 1. The van der Waals surface area contributed by atoms with Gasteiger partial charge in [-0.1, -0.05) is 24.8 Å². The Morgan fingerprint density at radius 3 is 2.71 bits per heavy atom. The van der Waals surface area contributed by atoms with Crippen LogP contribution in [-0.2, 0) is 6.42 Å². The quantitative estimate of drug-likeness (QED) is 0.281. The number of rotatable bonds is 8. The predicted molar refractivity (Wildman–Crippen MR) is 149 cm³/mol. The average Bonchev–Trinajstić information content (AvgIpc) is 3.49. The van der Waals surface area contributed by atoms with Crippen molar-refractivity contribution in [1.29, 1.82) is 0 Å². The van der Waals surface area contributed by atoms with Crippen molar-refractivity contribution in [3.63, 3.8) is 0 Å². The van der Waals surface area contributed by atoms with E-state index in [0.717, 1.165) is 50.0 Å². The highest BCUT2D eigenvalue weighted by molar-refractivity contribution is 5.94. The topological polar surface area (TPSA) is 83.7 Å². The van der Waals surface area contributed by atoms with Gasteiger partial charge in [-0.15, -0.1) is 0 Å². The molecular weight excluding hydrogens is 482 g/mol. The maximum atomic E-state index is 13.7. The standard InChI is InChI=1S/C30H30F2N6/c1-3-20(18-38-10-7-30(31,32)19-38)11-21(4-2)24-12-23(29(33)36-15-24)13-25-14-26-27(16-35-17-28(26)37-25)22-5-8-34-9-6-22/h3-6,8-9,11-12,14-17,37H,1,7,10,13,18-19H2,2H3,(H2,33,36)/b20-11+,21-4+. The Balaban J connectivity index is 1.40. The highest BCUT2D eigenvalue weighted by Crippen LogP contribution is 2.30. The van der Waals surface area contributed by atoms with Gasteiger partial charge in [0.1, 0.15) is 5.82 Å². The molecule has 0 amide bonds. The summed E-state index contributed by atoms with van der Waals surface area (Å²) in [5.74, 6) is -2.16. The van der Waals surface area contributed by atoms with Crippen LogP contribution in [0.5, 0.6) is 0 Å². The van der Waals surface area contributed by atoms with Gasteiger partial charge in [0.15, 0.2) is 0 Å². The highest BCUT2D eigenvalue weighted by Gasteiger charge is 2.37. The van der Waals surface area contributed by atoms with Gasteiger partial charge in [-0.05, 0) is 47.9 Å². The molecule has 0 unspecified atom stereocenters. The lowest BCUT2D eigenvalue weighted by Crippen LogP contribution is -2.26. The number of nitrogens with one attached hydrogen (secondary N) is 1. The molecule has 0 atom stereocenters. The molecule has 0 bridgehead atoms. The zero-order valence-corrected chi connectivity index (χ0v) is 21.3. The first-order valence-electron chi connectivity index (χ1n) is 12.6. The van der Waals surface area contributed by atoms with E-state index in [0.29, 0.717) is 25.3 Å². The van der Waals surface area contributed by atoms with Gasteiger partial charge in [-0.2, -0.15) is 0 Å². The molecule has 4 aromatic heterocycles. The van der Waals surface area contributed by atoms with E-state index in [-0.39, 0.29) is 13.0 Å². The molecule has 1 saturated heterocycles. The number of H-pyrrole nitrogens is 1. The molecule has 0 aliphatic carbocycles. The van der Waals surface area contributed by atoms with Gasteiger partial charge in [-0.3, -0.25) is 14.9 Å². The number of fused-ring (bicyclic) bond motifs is 1. The van der Waals surface area contributed by atoms with Crippen molar-refractivity contribution < 1.29 is 8.78 Å². The van der Waals surface area contributed by atoms with Crippen LogP contribution in [0.3, 0.4) is 0 Å². The maximum Gasteiger partial charge on any atom is 0.261 e. The van der Waals surface area contributed by atoms with E-state index in [9.17, 15) is 8.78 Å². The SMILES string of the molecule is C=C/C(=C\C(=C/C)c1cnc(N)c(Cc2cc3c(-c4ccncc4)cncc3[nH]2)c1)CN1CCC(F)(F)C1. The molecule has 38 heavy (non-hydrogen) atoms. The van der Waals surface area contributed by atoms with Crippen LogP contribution in [0, 0.1) is 0 Å². The lowest BCUT2D eigenvalue weighted by atomic mass is 10.0. The molecule has 5 heterocycles. The first-order valence-corrected chi connectivity index (χ1v) is 12.6. The van der Waals surface area contributed by atoms with Crippen LogP contribution in [0.4, 0.5) is 14.6 Å². The Hall–Kier alpha value is -4.17. The number of alkyl halides is 2. The van der Waals surface area contributed by atoms with Crippen LogP contribution >= 0.6 is 0 Å². The van der Waals surface area contributed by atoms with Crippen molar-refractivity contribution in [2.45, 2.75) is 25.7 Å². The summed E-state index contributed by atoms with van der Waals surface area (Å²) < 4.78 is 27.3. The van der Waals surface area contributed by atoms with Gasteiger partial charge in [-0.25, -0.2) is 13.8 Å². The Morgan fingerprint density at radius 2 is 2.00 bits per heavy atom. The zero-order chi connectivity index (χ0) is 26.7. The summed E-state index contributed by atoms with van der Waals surface area (Å²) in [5.41, 5.74) is 13.9. The predicted octanol–water partition coefficient (Wildman–Crippen LogP) is 6.05. The van der Waals surface area contributed by atoms with Crippen molar-refractivity contribution in [3.05, 3.63) is 102 Å². The summed E-state index contributed by atoms with van der Waals surface area (Å²) in [6, 6.07) is 8.09.